The van der Waals surface area contributed by atoms with Gasteiger partial charge in [-0.1, -0.05) is 0 Å². The van der Waals surface area contributed by atoms with E-state index in [1.54, 1.807) is 0 Å². The molecule has 4 unspecified atom stereocenters. The molecule has 0 aromatic carbocycles. The van der Waals surface area contributed by atoms with Gasteiger partial charge in [0.2, 0.25) is 11.3 Å². The van der Waals surface area contributed by atoms with E-state index in [0.29, 0.717) is 0 Å². The zero-order valence-electron chi connectivity index (χ0n) is 8.24. The quantitative estimate of drug-likeness (QED) is 0.619. The minimum Gasteiger partial charge on any atom is -0.367 e. The third-order valence-electron chi connectivity index (χ3n) is 3.65. The summed E-state index contributed by atoms with van der Waals surface area (Å²) in [4.78, 5) is 0. The maximum atomic E-state index is 14.6. The second-order valence-corrected chi connectivity index (χ2v) is 5.16. The van der Waals surface area contributed by atoms with E-state index in [9.17, 15) is 22.0 Å². The number of hydrogen-bond acceptors (Lipinski definition) is 1. The number of fused-ring (bicyclic) bond motifs is 5. The second-order valence-electron chi connectivity index (χ2n) is 4.37. The largest absolute Gasteiger partial charge is 0.367 e. The van der Waals surface area contributed by atoms with Crippen molar-refractivity contribution in [2.24, 2.45) is 0 Å². The zero-order chi connectivity index (χ0) is 12.6. The Morgan fingerprint density at radius 1 is 1.00 bits per heavy atom. The summed E-state index contributed by atoms with van der Waals surface area (Å²) in [5, 5.41) is 0. The summed E-state index contributed by atoms with van der Waals surface area (Å²) in [5.41, 5.74) is -6.28. The first-order chi connectivity index (χ1) is 7.85. The summed E-state index contributed by atoms with van der Waals surface area (Å²) in [6.07, 6.45) is -2.49. The number of alkyl halides is 2. The van der Waals surface area contributed by atoms with Crippen LogP contribution < -0.4 is 0 Å². The molecule has 94 valence electrons. The van der Waals surface area contributed by atoms with Crippen molar-refractivity contribution in [2.45, 2.75) is 36.4 Å². The number of ether oxygens (including phenoxy) is 1. The predicted octanol–water partition coefficient (Wildman–Crippen LogP) is 3.70. The lowest BCUT2D eigenvalue weighted by atomic mass is 9.71. The third-order valence-corrected chi connectivity index (χ3v) is 4.58. The molecule has 3 rings (SSSR count). The summed E-state index contributed by atoms with van der Waals surface area (Å²) in [6.45, 7) is 0. The van der Waals surface area contributed by atoms with Gasteiger partial charge >= 0.3 is 0 Å². The Labute approximate surface area is 101 Å². The number of rotatable bonds is 0. The molecule has 4 atom stereocenters. The molecule has 2 aliphatic heterocycles. The van der Waals surface area contributed by atoms with Crippen LogP contribution in [-0.4, -0.2) is 23.5 Å². The highest BCUT2D eigenvalue weighted by atomic mass is 79.9. The first-order valence-electron chi connectivity index (χ1n) is 5.00. The highest BCUT2D eigenvalue weighted by Crippen LogP contribution is 2.64. The fourth-order valence-electron chi connectivity index (χ4n) is 2.81. The minimum atomic E-state index is -3.27. The Bertz CT molecular complexity index is 433. The van der Waals surface area contributed by atoms with E-state index in [1.165, 1.54) is 0 Å². The molecule has 0 amide bonds. The van der Waals surface area contributed by atoms with Crippen LogP contribution in [0.5, 0.6) is 0 Å². The van der Waals surface area contributed by atoms with Gasteiger partial charge < -0.3 is 4.74 Å². The topological polar surface area (TPSA) is 9.23 Å². The molecule has 0 aromatic rings. The Balaban J connectivity index is 2.29. The first kappa shape index (κ1) is 11.6. The van der Waals surface area contributed by atoms with Crippen LogP contribution in [0.4, 0.5) is 22.0 Å². The molecule has 2 fully saturated rings. The molecule has 2 heterocycles. The van der Waals surface area contributed by atoms with E-state index in [-0.39, 0.29) is 12.8 Å². The van der Waals surface area contributed by atoms with E-state index in [0.717, 1.165) is 0 Å². The van der Waals surface area contributed by atoms with Crippen LogP contribution in [0, 0.1) is 0 Å². The van der Waals surface area contributed by atoms with Gasteiger partial charge in [-0.05, 0) is 28.8 Å². The highest BCUT2D eigenvalue weighted by molar-refractivity contribution is 9.11. The molecule has 2 saturated heterocycles. The molecule has 1 aliphatic carbocycles. The van der Waals surface area contributed by atoms with Crippen molar-refractivity contribution in [3.8, 4) is 0 Å². The van der Waals surface area contributed by atoms with Crippen molar-refractivity contribution in [3.63, 3.8) is 0 Å². The monoisotopic (exact) mass is 316 g/mol. The maximum Gasteiger partial charge on any atom is 0.231 e. The lowest BCUT2D eigenvalue weighted by Gasteiger charge is -2.40. The van der Waals surface area contributed by atoms with Crippen LogP contribution in [0.1, 0.15) is 12.8 Å². The van der Waals surface area contributed by atoms with Crippen molar-refractivity contribution >= 4 is 15.9 Å². The first-order valence-corrected chi connectivity index (χ1v) is 5.79. The summed E-state index contributed by atoms with van der Waals surface area (Å²) >= 11 is 2.49. The molecular weight excluding hydrogens is 311 g/mol. The lowest BCUT2D eigenvalue weighted by Crippen LogP contribution is -2.58. The van der Waals surface area contributed by atoms with E-state index in [2.05, 4.69) is 15.9 Å². The van der Waals surface area contributed by atoms with Gasteiger partial charge in [0.1, 0.15) is 12.2 Å². The van der Waals surface area contributed by atoms with Crippen LogP contribution in [0.15, 0.2) is 22.0 Å². The highest BCUT2D eigenvalue weighted by Gasteiger charge is 2.78. The third kappa shape index (κ3) is 0.999. The van der Waals surface area contributed by atoms with Crippen molar-refractivity contribution in [3.05, 3.63) is 22.0 Å². The van der Waals surface area contributed by atoms with E-state index >= 15 is 0 Å². The molecule has 0 aromatic heterocycles. The molecule has 0 saturated carbocycles. The second kappa shape index (κ2) is 3.12. The Hall–Kier alpha value is -0.430. The van der Waals surface area contributed by atoms with Crippen LogP contribution in [0.25, 0.3) is 0 Å². The SMILES string of the molecule is FC1=C(F)C2(F)C3CCC(O3)C2(F)C(Br)=C1F. The predicted molar refractivity (Wildman–Crippen MR) is 51.9 cm³/mol. The van der Waals surface area contributed by atoms with Crippen molar-refractivity contribution in [2.75, 3.05) is 0 Å². The van der Waals surface area contributed by atoms with Crippen LogP contribution >= 0.6 is 15.9 Å². The van der Waals surface area contributed by atoms with E-state index in [4.69, 9.17) is 4.74 Å². The molecule has 3 aliphatic rings. The summed E-state index contributed by atoms with van der Waals surface area (Å²) in [5.74, 6) is -5.79. The fourth-order valence-corrected chi connectivity index (χ4v) is 3.52. The summed E-state index contributed by atoms with van der Waals surface area (Å²) < 4.78 is 73.1. The summed E-state index contributed by atoms with van der Waals surface area (Å²) in [6, 6.07) is 0. The Morgan fingerprint density at radius 2 is 1.53 bits per heavy atom. The lowest BCUT2D eigenvalue weighted by molar-refractivity contribution is -0.0142. The zero-order valence-corrected chi connectivity index (χ0v) is 9.83. The van der Waals surface area contributed by atoms with Gasteiger partial charge in [0.15, 0.2) is 17.5 Å². The van der Waals surface area contributed by atoms with Crippen molar-refractivity contribution in [1.29, 1.82) is 0 Å². The van der Waals surface area contributed by atoms with E-state index < -0.39 is 45.5 Å². The molecule has 0 radical (unpaired) electrons. The van der Waals surface area contributed by atoms with Crippen LogP contribution in [0.2, 0.25) is 0 Å². The van der Waals surface area contributed by atoms with Gasteiger partial charge in [0.05, 0.1) is 4.48 Å². The molecule has 17 heavy (non-hydrogen) atoms. The molecule has 0 spiro atoms. The minimum absolute atomic E-state index is 0.0788. The Kier molecular flexibility index (Phi) is 2.14. The van der Waals surface area contributed by atoms with Gasteiger partial charge in [-0.25, -0.2) is 22.0 Å². The number of halogens is 6. The fraction of sp³-hybridized carbons (Fsp3) is 0.600. The Morgan fingerprint density at radius 3 is 2.12 bits per heavy atom. The smallest absolute Gasteiger partial charge is 0.231 e. The van der Waals surface area contributed by atoms with Crippen molar-refractivity contribution < 1.29 is 26.7 Å². The number of hydrogen-bond donors (Lipinski definition) is 0. The molecular formula is C10H6BrF5O. The van der Waals surface area contributed by atoms with Crippen molar-refractivity contribution in [1.82, 2.24) is 0 Å². The van der Waals surface area contributed by atoms with Crippen LogP contribution in [0.3, 0.4) is 0 Å². The standard InChI is InChI=1S/C10H6BrF5O/c11-7-5(12)6(13)8(14)10(16)4-2-1-3(17-4)9(7,10)15/h3-4H,1-2H2. The molecule has 2 bridgehead atoms. The molecule has 7 heteroatoms. The maximum absolute atomic E-state index is 14.6. The summed E-state index contributed by atoms with van der Waals surface area (Å²) in [7, 11) is 0. The van der Waals surface area contributed by atoms with Gasteiger partial charge in [-0.15, -0.1) is 0 Å². The van der Waals surface area contributed by atoms with E-state index in [1.807, 2.05) is 0 Å². The molecule has 0 N–H and O–H groups in total. The normalized spacial score (nSPS) is 49.1. The van der Waals surface area contributed by atoms with Gasteiger partial charge in [-0.2, -0.15) is 0 Å². The van der Waals surface area contributed by atoms with Gasteiger partial charge in [0, 0.05) is 0 Å². The van der Waals surface area contributed by atoms with Gasteiger partial charge in [-0.3, -0.25) is 0 Å². The average Bonchev–Trinajstić information content (AvgIpc) is 2.87. The molecule has 1 nitrogen and oxygen atoms in total. The van der Waals surface area contributed by atoms with Crippen LogP contribution in [-0.2, 0) is 4.74 Å². The number of allylic oxidation sites excluding steroid dienone is 2. The average molecular weight is 317 g/mol. The van der Waals surface area contributed by atoms with Gasteiger partial charge in [0.25, 0.3) is 0 Å².